The van der Waals surface area contributed by atoms with Gasteiger partial charge in [-0.3, -0.25) is 9.67 Å². The van der Waals surface area contributed by atoms with Crippen LogP contribution < -0.4 is 4.74 Å². The van der Waals surface area contributed by atoms with E-state index in [4.69, 9.17) is 4.74 Å². The first-order valence-electron chi connectivity index (χ1n) is 6.31. The molecule has 0 saturated carbocycles. The van der Waals surface area contributed by atoms with E-state index >= 15 is 0 Å². The molecule has 0 aliphatic carbocycles. The summed E-state index contributed by atoms with van der Waals surface area (Å²) in [6.45, 7) is 4.58. The van der Waals surface area contributed by atoms with Crippen molar-refractivity contribution >= 4 is 15.9 Å². The Labute approximate surface area is 121 Å². The van der Waals surface area contributed by atoms with Crippen molar-refractivity contribution in [3.63, 3.8) is 0 Å². The number of pyridine rings is 1. The summed E-state index contributed by atoms with van der Waals surface area (Å²) in [6.07, 6.45) is 0.937. The summed E-state index contributed by atoms with van der Waals surface area (Å²) in [4.78, 5) is 4.45. The van der Waals surface area contributed by atoms with E-state index in [-0.39, 0.29) is 0 Å². The van der Waals surface area contributed by atoms with Crippen LogP contribution >= 0.6 is 15.9 Å². The molecule has 0 fully saturated rings. The summed E-state index contributed by atoms with van der Waals surface area (Å²) in [6, 6.07) is 6.01. The Kier molecular flexibility index (Phi) is 4.58. The molecule has 0 atom stereocenters. The lowest BCUT2D eigenvalue weighted by Gasteiger charge is -2.10. The van der Waals surface area contributed by atoms with Gasteiger partial charge in [-0.1, -0.05) is 22.9 Å². The van der Waals surface area contributed by atoms with E-state index in [1.165, 1.54) is 0 Å². The van der Waals surface area contributed by atoms with Gasteiger partial charge in [-0.2, -0.15) is 5.10 Å². The Morgan fingerprint density at radius 2 is 2.16 bits per heavy atom. The number of alkyl halides is 1. The molecule has 0 unspecified atom stereocenters. The number of rotatable bonds is 5. The fraction of sp³-hybridized carbons (Fsp3) is 0.429. The van der Waals surface area contributed by atoms with Crippen LogP contribution in [0.15, 0.2) is 18.2 Å². The van der Waals surface area contributed by atoms with Gasteiger partial charge in [0.05, 0.1) is 17.1 Å². The van der Waals surface area contributed by atoms with Gasteiger partial charge >= 0.3 is 0 Å². The van der Waals surface area contributed by atoms with Gasteiger partial charge in [-0.15, -0.1) is 0 Å². The third-order valence-corrected chi connectivity index (χ3v) is 3.49. The number of halogens is 1. The molecule has 0 saturated heterocycles. The highest BCUT2D eigenvalue weighted by Gasteiger charge is 2.08. The van der Waals surface area contributed by atoms with Gasteiger partial charge in [0.15, 0.2) is 0 Å². The van der Waals surface area contributed by atoms with Crippen LogP contribution in [0.2, 0.25) is 0 Å². The first-order chi connectivity index (χ1) is 9.13. The minimum atomic E-state index is 0.508. The lowest BCUT2D eigenvalue weighted by Crippen LogP contribution is -2.05. The maximum absolute atomic E-state index is 5.85. The monoisotopic (exact) mass is 323 g/mol. The third-order valence-electron chi connectivity index (χ3n) is 2.96. The molecule has 4 nitrogen and oxygen atoms in total. The molecule has 0 bridgehead atoms. The highest BCUT2D eigenvalue weighted by molar-refractivity contribution is 9.08. The second kappa shape index (κ2) is 6.19. The summed E-state index contributed by atoms with van der Waals surface area (Å²) in [5, 5.41) is 5.10. The Hall–Kier alpha value is -1.36. The van der Waals surface area contributed by atoms with Crippen molar-refractivity contribution in [1.82, 2.24) is 14.8 Å². The van der Waals surface area contributed by atoms with Gasteiger partial charge in [0, 0.05) is 18.1 Å². The highest BCUT2D eigenvalue weighted by Crippen LogP contribution is 2.20. The van der Waals surface area contributed by atoms with Crippen LogP contribution in [-0.2, 0) is 25.4 Å². The van der Waals surface area contributed by atoms with Gasteiger partial charge in [0.1, 0.15) is 12.4 Å². The fourth-order valence-electron chi connectivity index (χ4n) is 1.86. The number of ether oxygens (including phenoxy) is 1. The quantitative estimate of drug-likeness (QED) is 0.793. The number of hydrogen-bond donors (Lipinski definition) is 0. The van der Waals surface area contributed by atoms with Crippen molar-refractivity contribution in [3.8, 4) is 5.75 Å². The average Bonchev–Trinajstić information content (AvgIpc) is 2.78. The molecule has 5 heteroatoms. The molecule has 0 N–H and O–H groups in total. The van der Waals surface area contributed by atoms with E-state index in [2.05, 4.69) is 39.0 Å². The molecule has 102 valence electrons. The van der Waals surface area contributed by atoms with Crippen molar-refractivity contribution < 1.29 is 4.74 Å². The van der Waals surface area contributed by atoms with Crippen LogP contribution in [0.3, 0.4) is 0 Å². The van der Waals surface area contributed by atoms with Gasteiger partial charge < -0.3 is 4.74 Å². The number of aryl methyl sites for hydroxylation is 3. The molecule has 0 aliphatic heterocycles. The van der Waals surface area contributed by atoms with E-state index in [9.17, 15) is 0 Å². The van der Waals surface area contributed by atoms with Crippen LogP contribution in [0.25, 0.3) is 0 Å². The number of hydrogen-bond acceptors (Lipinski definition) is 3. The summed E-state index contributed by atoms with van der Waals surface area (Å²) in [7, 11) is 1.94. The number of nitrogens with zero attached hydrogens (tertiary/aromatic N) is 3. The van der Waals surface area contributed by atoms with Crippen molar-refractivity contribution in [1.29, 1.82) is 0 Å². The highest BCUT2D eigenvalue weighted by atomic mass is 79.9. The summed E-state index contributed by atoms with van der Waals surface area (Å²) >= 11 is 3.44. The zero-order valence-electron chi connectivity index (χ0n) is 11.5. The predicted molar refractivity (Wildman–Crippen MR) is 78.5 cm³/mol. The fourth-order valence-corrected chi connectivity index (χ4v) is 2.26. The molecule has 0 aromatic carbocycles. The SMILES string of the molecule is CCc1cc(COc2ccc(C)nc2CBr)n(C)n1. The van der Waals surface area contributed by atoms with Gasteiger partial charge in [0.25, 0.3) is 0 Å². The first-order valence-corrected chi connectivity index (χ1v) is 7.43. The second-order valence-corrected chi connectivity index (χ2v) is 4.98. The van der Waals surface area contributed by atoms with E-state index in [1.807, 2.05) is 30.8 Å². The molecule has 0 spiro atoms. The van der Waals surface area contributed by atoms with Crippen LogP contribution in [0.4, 0.5) is 0 Å². The van der Waals surface area contributed by atoms with Crippen LogP contribution in [-0.4, -0.2) is 14.8 Å². The first kappa shape index (κ1) is 14.1. The summed E-state index contributed by atoms with van der Waals surface area (Å²) in [5.74, 6) is 0.821. The normalized spacial score (nSPS) is 10.7. The number of aromatic nitrogens is 3. The van der Waals surface area contributed by atoms with Gasteiger partial charge in [-0.25, -0.2) is 0 Å². The molecule has 0 aliphatic rings. The maximum Gasteiger partial charge on any atom is 0.142 e. The van der Waals surface area contributed by atoms with Crippen LogP contribution in [0.1, 0.15) is 29.7 Å². The topological polar surface area (TPSA) is 39.9 Å². The van der Waals surface area contributed by atoms with E-state index in [1.54, 1.807) is 0 Å². The van der Waals surface area contributed by atoms with Crippen LogP contribution in [0, 0.1) is 6.92 Å². The lowest BCUT2D eigenvalue weighted by atomic mass is 10.3. The van der Waals surface area contributed by atoms with Gasteiger partial charge in [-0.05, 0) is 31.5 Å². The molecular weight excluding hydrogens is 306 g/mol. The average molecular weight is 324 g/mol. The van der Waals surface area contributed by atoms with E-state index < -0.39 is 0 Å². The smallest absolute Gasteiger partial charge is 0.142 e. The summed E-state index contributed by atoms with van der Waals surface area (Å²) < 4.78 is 7.72. The Morgan fingerprint density at radius 3 is 2.79 bits per heavy atom. The third kappa shape index (κ3) is 3.35. The van der Waals surface area contributed by atoms with Crippen molar-refractivity contribution in [2.75, 3.05) is 0 Å². The zero-order chi connectivity index (χ0) is 13.8. The standard InChI is InChI=1S/C14H18BrN3O/c1-4-11-7-12(18(3)17-11)9-19-14-6-5-10(2)16-13(14)8-15/h5-7H,4,8-9H2,1-3H3. The van der Waals surface area contributed by atoms with Crippen LogP contribution in [0.5, 0.6) is 5.75 Å². The Balaban J connectivity index is 2.11. The lowest BCUT2D eigenvalue weighted by molar-refractivity contribution is 0.291. The predicted octanol–water partition coefficient (Wildman–Crippen LogP) is 3.16. The van der Waals surface area contributed by atoms with Crippen molar-refractivity contribution in [2.45, 2.75) is 32.2 Å². The Morgan fingerprint density at radius 1 is 1.37 bits per heavy atom. The minimum Gasteiger partial charge on any atom is -0.485 e. The largest absolute Gasteiger partial charge is 0.485 e. The molecular formula is C14H18BrN3O. The summed E-state index contributed by atoms with van der Waals surface area (Å²) in [5.41, 5.74) is 4.08. The van der Waals surface area contributed by atoms with E-state index in [0.717, 1.165) is 34.9 Å². The minimum absolute atomic E-state index is 0.508. The molecule has 0 radical (unpaired) electrons. The molecule has 19 heavy (non-hydrogen) atoms. The van der Waals surface area contributed by atoms with Gasteiger partial charge in [0.2, 0.25) is 0 Å². The molecule has 2 rings (SSSR count). The van der Waals surface area contributed by atoms with E-state index in [0.29, 0.717) is 11.9 Å². The molecule has 2 aromatic heterocycles. The zero-order valence-corrected chi connectivity index (χ0v) is 13.1. The molecule has 2 heterocycles. The maximum atomic E-state index is 5.85. The van der Waals surface area contributed by atoms with Crippen molar-refractivity contribution in [2.24, 2.45) is 7.05 Å². The van der Waals surface area contributed by atoms with Crippen molar-refractivity contribution in [3.05, 3.63) is 41.0 Å². The second-order valence-electron chi connectivity index (χ2n) is 4.42. The molecule has 0 amide bonds. The Bertz CT molecular complexity index is 566. The molecule has 2 aromatic rings.